The molecule has 1 aromatic heterocycles. The number of aromatic nitrogens is 1. The largest absolute Gasteiger partial charge is 0.478 e. The second-order valence-electron chi connectivity index (χ2n) is 4.62. The van der Waals surface area contributed by atoms with Gasteiger partial charge in [-0.15, -0.1) is 0 Å². The summed E-state index contributed by atoms with van der Waals surface area (Å²) in [5.74, 6) is 0.443. The van der Waals surface area contributed by atoms with Gasteiger partial charge < -0.3 is 10.1 Å². The zero-order valence-electron chi connectivity index (χ0n) is 11.0. The number of benzene rings is 1. The first-order valence-corrected chi connectivity index (χ1v) is 6.03. The van der Waals surface area contributed by atoms with Gasteiger partial charge in [-0.1, -0.05) is 18.2 Å². The number of ether oxygens (including phenoxy) is 1. The fourth-order valence-corrected chi connectivity index (χ4v) is 1.55. The number of hydrogen-bond acceptors (Lipinski definition) is 3. The summed E-state index contributed by atoms with van der Waals surface area (Å²) in [6.45, 7) is 3.46. The van der Waals surface area contributed by atoms with Gasteiger partial charge in [0.15, 0.2) is 5.60 Å². The van der Waals surface area contributed by atoms with Gasteiger partial charge in [0.05, 0.1) is 11.9 Å². The van der Waals surface area contributed by atoms with Crippen LogP contribution < -0.4 is 10.1 Å². The molecule has 0 atom stereocenters. The predicted molar refractivity (Wildman–Crippen MR) is 74.0 cm³/mol. The van der Waals surface area contributed by atoms with Crippen molar-refractivity contribution in [1.82, 2.24) is 4.98 Å². The third-order valence-corrected chi connectivity index (χ3v) is 2.58. The number of hydrogen-bond donors (Lipinski definition) is 1. The zero-order chi connectivity index (χ0) is 13.7. The summed E-state index contributed by atoms with van der Waals surface area (Å²) in [7, 11) is 0. The molecular formula is C15H16N2O2. The van der Waals surface area contributed by atoms with E-state index in [-0.39, 0.29) is 5.91 Å². The molecule has 1 heterocycles. The number of amides is 1. The van der Waals surface area contributed by atoms with E-state index in [2.05, 4.69) is 10.3 Å². The number of nitrogens with one attached hydrogen (secondary N) is 1. The van der Waals surface area contributed by atoms with Crippen molar-refractivity contribution in [3.63, 3.8) is 0 Å². The fraction of sp³-hybridized carbons (Fsp3) is 0.200. The predicted octanol–water partition coefficient (Wildman–Crippen LogP) is 2.88. The van der Waals surface area contributed by atoms with Gasteiger partial charge in [-0.25, -0.2) is 0 Å². The molecule has 0 aliphatic rings. The van der Waals surface area contributed by atoms with Crippen molar-refractivity contribution in [3.8, 4) is 5.75 Å². The Morgan fingerprint density at radius 2 is 1.89 bits per heavy atom. The first kappa shape index (κ1) is 13.1. The van der Waals surface area contributed by atoms with E-state index in [1.165, 1.54) is 0 Å². The monoisotopic (exact) mass is 256 g/mol. The van der Waals surface area contributed by atoms with E-state index in [9.17, 15) is 4.79 Å². The molecule has 4 nitrogen and oxygen atoms in total. The number of carbonyl (C=O) groups excluding carboxylic acids is 1. The number of para-hydroxylation sites is 1. The lowest BCUT2D eigenvalue weighted by atomic mass is 10.1. The minimum absolute atomic E-state index is 0.218. The summed E-state index contributed by atoms with van der Waals surface area (Å²) in [6.07, 6.45) is 3.25. The van der Waals surface area contributed by atoms with Crippen molar-refractivity contribution in [2.75, 3.05) is 5.32 Å². The molecule has 0 bridgehead atoms. The van der Waals surface area contributed by atoms with Crippen molar-refractivity contribution < 1.29 is 9.53 Å². The molecule has 0 fully saturated rings. The molecule has 2 aromatic rings. The van der Waals surface area contributed by atoms with Gasteiger partial charge in [-0.3, -0.25) is 9.78 Å². The minimum Gasteiger partial charge on any atom is -0.478 e. The van der Waals surface area contributed by atoms with Crippen LogP contribution in [-0.4, -0.2) is 16.5 Å². The van der Waals surface area contributed by atoms with Crippen molar-refractivity contribution in [2.45, 2.75) is 19.4 Å². The Hall–Kier alpha value is -2.36. The molecule has 0 saturated heterocycles. The topological polar surface area (TPSA) is 51.2 Å². The molecule has 19 heavy (non-hydrogen) atoms. The van der Waals surface area contributed by atoms with Crippen LogP contribution in [-0.2, 0) is 4.79 Å². The third-order valence-electron chi connectivity index (χ3n) is 2.58. The highest BCUT2D eigenvalue weighted by Crippen LogP contribution is 2.19. The summed E-state index contributed by atoms with van der Waals surface area (Å²) in [4.78, 5) is 16.1. The normalized spacial score (nSPS) is 10.8. The van der Waals surface area contributed by atoms with Crippen LogP contribution in [0.3, 0.4) is 0 Å². The first-order chi connectivity index (χ1) is 9.08. The van der Waals surface area contributed by atoms with Crippen LogP contribution in [0.5, 0.6) is 5.75 Å². The summed E-state index contributed by atoms with van der Waals surface area (Å²) in [5, 5.41) is 2.78. The standard InChI is InChI=1S/C15H16N2O2/c1-15(2,19-13-8-4-3-5-9-13)14(18)17-12-7-6-10-16-11-12/h3-11H,1-2H3,(H,17,18). The Balaban J connectivity index is 2.05. The lowest BCUT2D eigenvalue weighted by Crippen LogP contribution is -2.42. The Labute approximate surface area is 112 Å². The van der Waals surface area contributed by atoms with Gasteiger partial charge in [0, 0.05) is 6.20 Å². The quantitative estimate of drug-likeness (QED) is 0.915. The van der Waals surface area contributed by atoms with Crippen LogP contribution in [0.2, 0.25) is 0 Å². The van der Waals surface area contributed by atoms with E-state index in [0.717, 1.165) is 0 Å². The number of nitrogens with zero attached hydrogens (tertiary/aromatic N) is 1. The van der Waals surface area contributed by atoms with E-state index < -0.39 is 5.60 Å². The molecular weight excluding hydrogens is 240 g/mol. The molecule has 0 unspecified atom stereocenters. The number of anilines is 1. The van der Waals surface area contributed by atoms with Gasteiger partial charge in [0.2, 0.25) is 0 Å². The summed E-state index contributed by atoms with van der Waals surface area (Å²) in [6, 6.07) is 12.8. The van der Waals surface area contributed by atoms with Crippen molar-refractivity contribution >= 4 is 11.6 Å². The average Bonchev–Trinajstić information content (AvgIpc) is 2.40. The summed E-state index contributed by atoms with van der Waals surface area (Å²) >= 11 is 0. The lowest BCUT2D eigenvalue weighted by Gasteiger charge is -2.25. The maximum absolute atomic E-state index is 12.2. The SMILES string of the molecule is CC(C)(Oc1ccccc1)C(=O)Nc1cccnc1. The number of rotatable bonds is 4. The average molecular weight is 256 g/mol. The second kappa shape index (κ2) is 5.52. The van der Waals surface area contributed by atoms with Crippen molar-refractivity contribution in [2.24, 2.45) is 0 Å². The van der Waals surface area contributed by atoms with E-state index >= 15 is 0 Å². The molecule has 2 rings (SSSR count). The van der Waals surface area contributed by atoms with Gasteiger partial charge in [-0.2, -0.15) is 0 Å². The van der Waals surface area contributed by atoms with E-state index in [0.29, 0.717) is 11.4 Å². The molecule has 1 aromatic carbocycles. The molecule has 98 valence electrons. The van der Waals surface area contributed by atoms with Crippen LogP contribution >= 0.6 is 0 Å². The van der Waals surface area contributed by atoms with Crippen molar-refractivity contribution in [3.05, 3.63) is 54.9 Å². The van der Waals surface area contributed by atoms with Crippen LogP contribution in [0.1, 0.15) is 13.8 Å². The van der Waals surface area contributed by atoms with Crippen LogP contribution in [0.25, 0.3) is 0 Å². The number of pyridine rings is 1. The summed E-state index contributed by atoms with van der Waals surface area (Å²) < 4.78 is 5.70. The molecule has 0 saturated carbocycles. The Kier molecular flexibility index (Phi) is 3.80. The van der Waals surface area contributed by atoms with Gasteiger partial charge in [-0.05, 0) is 38.1 Å². The molecule has 1 amide bonds. The van der Waals surface area contributed by atoms with E-state index in [1.807, 2.05) is 30.3 Å². The van der Waals surface area contributed by atoms with E-state index in [1.54, 1.807) is 38.4 Å². The van der Waals surface area contributed by atoms with Crippen LogP contribution in [0.15, 0.2) is 54.9 Å². The summed E-state index contributed by atoms with van der Waals surface area (Å²) in [5.41, 5.74) is -0.311. The van der Waals surface area contributed by atoms with Gasteiger partial charge in [0.1, 0.15) is 5.75 Å². The molecule has 0 aliphatic heterocycles. The smallest absolute Gasteiger partial charge is 0.268 e. The number of carbonyl (C=O) groups is 1. The molecule has 0 spiro atoms. The minimum atomic E-state index is -0.961. The maximum atomic E-state index is 12.2. The Morgan fingerprint density at radius 3 is 2.53 bits per heavy atom. The zero-order valence-corrected chi connectivity index (χ0v) is 11.0. The first-order valence-electron chi connectivity index (χ1n) is 6.03. The molecule has 0 aliphatic carbocycles. The lowest BCUT2D eigenvalue weighted by molar-refractivity contribution is -0.128. The third kappa shape index (κ3) is 3.55. The van der Waals surface area contributed by atoms with Gasteiger partial charge >= 0.3 is 0 Å². The van der Waals surface area contributed by atoms with Crippen molar-refractivity contribution in [1.29, 1.82) is 0 Å². The maximum Gasteiger partial charge on any atom is 0.268 e. The highest BCUT2D eigenvalue weighted by atomic mass is 16.5. The fourth-order valence-electron chi connectivity index (χ4n) is 1.55. The second-order valence-corrected chi connectivity index (χ2v) is 4.62. The molecule has 4 heteroatoms. The molecule has 1 N–H and O–H groups in total. The van der Waals surface area contributed by atoms with E-state index in [4.69, 9.17) is 4.74 Å². The highest BCUT2D eigenvalue weighted by Gasteiger charge is 2.30. The van der Waals surface area contributed by atoms with Crippen LogP contribution in [0, 0.1) is 0 Å². The molecule has 0 radical (unpaired) electrons. The Bertz CT molecular complexity index is 539. The van der Waals surface area contributed by atoms with Gasteiger partial charge in [0.25, 0.3) is 5.91 Å². The van der Waals surface area contributed by atoms with Crippen LogP contribution in [0.4, 0.5) is 5.69 Å². The Morgan fingerprint density at radius 1 is 1.16 bits per heavy atom. The highest BCUT2D eigenvalue weighted by molar-refractivity contribution is 5.96.